The van der Waals surface area contributed by atoms with Crippen molar-refractivity contribution in [1.82, 2.24) is 4.98 Å². The second kappa shape index (κ2) is 10.1. The summed E-state index contributed by atoms with van der Waals surface area (Å²) in [6, 6.07) is 16.0. The Morgan fingerprint density at radius 2 is 2.03 bits per heavy atom. The molecule has 0 N–H and O–H groups in total. The Balaban J connectivity index is 1.53. The van der Waals surface area contributed by atoms with Crippen LogP contribution in [0.15, 0.2) is 60.0 Å². The Morgan fingerprint density at radius 3 is 2.74 bits per heavy atom. The number of amides is 1. The van der Waals surface area contributed by atoms with Gasteiger partial charge in [0.1, 0.15) is 11.9 Å². The highest BCUT2D eigenvalue weighted by molar-refractivity contribution is 7.14. The first-order chi connectivity index (χ1) is 15.1. The number of anilines is 1. The molecule has 4 rings (SSSR count). The Kier molecular flexibility index (Phi) is 7.06. The quantitative estimate of drug-likeness (QED) is 0.491. The monoisotopic (exact) mass is 440 g/mol. The smallest absolute Gasteiger partial charge is 0.257 e. The van der Waals surface area contributed by atoms with Crippen molar-refractivity contribution < 1.29 is 18.7 Å². The van der Waals surface area contributed by atoms with Crippen LogP contribution in [-0.4, -0.2) is 36.3 Å². The fourth-order valence-electron chi connectivity index (χ4n) is 3.47. The number of rotatable bonds is 8. The zero-order chi connectivity index (χ0) is 21.6. The van der Waals surface area contributed by atoms with E-state index in [1.54, 1.807) is 24.0 Å². The fraction of sp³-hybridized carbons (Fsp3) is 0.333. The van der Waals surface area contributed by atoms with Crippen molar-refractivity contribution in [2.24, 2.45) is 0 Å². The molecule has 1 aliphatic rings. The maximum Gasteiger partial charge on any atom is 0.257 e. The molecule has 2 heterocycles. The van der Waals surface area contributed by atoms with Gasteiger partial charge in [0, 0.05) is 17.6 Å². The second-order valence-corrected chi connectivity index (χ2v) is 8.38. The normalized spacial score (nSPS) is 16.9. The first-order valence-corrected chi connectivity index (χ1v) is 11.3. The fourth-order valence-corrected chi connectivity index (χ4v) is 4.30. The van der Waals surface area contributed by atoms with Gasteiger partial charge in [-0.1, -0.05) is 30.3 Å². The second-order valence-electron chi connectivity index (χ2n) is 7.54. The van der Waals surface area contributed by atoms with Crippen LogP contribution in [0, 0.1) is 5.82 Å². The van der Waals surface area contributed by atoms with Gasteiger partial charge in [-0.25, -0.2) is 9.37 Å². The van der Waals surface area contributed by atoms with Gasteiger partial charge in [0.25, 0.3) is 5.91 Å². The minimum Gasteiger partial charge on any atom is -0.376 e. The summed E-state index contributed by atoms with van der Waals surface area (Å²) in [7, 11) is 0. The number of halogens is 1. The standard InChI is InChI=1S/C24H25FN2O3S/c1-17(30-15-21-8-5-13-29-21)23(28)27(14-18-6-3-2-4-7-18)24-26-22(16-31-24)19-9-11-20(25)12-10-19/h2-4,6-7,9-12,16-17,21H,5,8,13-15H2,1H3. The van der Waals surface area contributed by atoms with Gasteiger partial charge in [0.05, 0.1) is 24.9 Å². The number of aromatic nitrogens is 1. The van der Waals surface area contributed by atoms with E-state index in [4.69, 9.17) is 9.47 Å². The summed E-state index contributed by atoms with van der Waals surface area (Å²) in [6.45, 7) is 3.32. The largest absolute Gasteiger partial charge is 0.376 e. The number of hydrogen-bond donors (Lipinski definition) is 0. The van der Waals surface area contributed by atoms with Crippen molar-refractivity contribution in [3.63, 3.8) is 0 Å². The van der Waals surface area contributed by atoms with Gasteiger partial charge in [0.15, 0.2) is 5.13 Å². The molecule has 0 spiro atoms. The molecule has 31 heavy (non-hydrogen) atoms. The van der Waals surface area contributed by atoms with E-state index in [9.17, 15) is 9.18 Å². The van der Waals surface area contributed by atoms with Gasteiger partial charge in [0.2, 0.25) is 0 Å². The lowest BCUT2D eigenvalue weighted by molar-refractivity contribution is -0.131. The summed E-state index contributed by atoms with van der Waals surface area (Å²) in [5.74, 6) is -0.445. The molecule has 0 radical (unpaired) electrons. The molecule has 3 aromatic rings. The molecule has 1 aromatic heterocycles. The van der Waals surface area contributed by atoms with Crippen molar-refractivity contribution in [2.75, 3.05) is 18.1 Å². The number of thiazole rings is 1. The van der Waals surface area contributed by atoms with E-state index in [0.717, 1.165) is 30.6 Å². The van der Waals surface area contributed by atoms with Crippen molar-refractivity contribution in [1.29, 1.82) is 0 Å². The molecule has 5 nitrogen and oxygen atoms in total. The average Bonchev–Trinajstić information content (AvgIpc) is 3.49. The van der Waals surface area contributed by atoms with Gasteiger partial charge >= 0.3 is 0 Å². The number of carbonyl (C=O) groups is 1. The van der Waals surface area contributed by atoms with Crippen LogP contribution in [0.2, 0.25) is 0 Å². The van der Waals surface area contributed by atoms with Crippen LogP contribution in [0.5, 0.6) is 0 Å². The van der Waals surface area contributed by atoms with Crippen LogP contribution in [0.25, 0.3) is 11.3 Å². The van der Waals surface area contributed by atoms with Crippen LogP contribution in [0.1, 0.15) is 25.3 Å². The Labute approximate surface area is 185 Å². The number of ether oxygens (including phenoxy) is 2. The molecule has 2 atom stereocenters. The zero-order valence-corrected chi connectivity index (χ0v) is 18.2. The third-order valence-electron chi connectivity index (χ3n) is 5.22. The van der Waals surface area contributed by atoms with Crippen LogP contribution in [0.4, 0.5) is 9.52 Å². The molecule has 1 aliphatic heterocycles. The summed E-state index contributed by atoms with van der Waals surface area (Å²) in [5, 5.41) is 2.46. The molecule has 2 unspecified atom stereocenters. The van der Waals surface area contributed by atoms with Crippen LogP contribution >= 0.6 is 11.3 Å². The molecule has 2 aromatic carbocycles. The third kappa shape index (κ3) is 5.55. The first-order valence-electron chi connectivity index (χ1n) is 10.4. The molecule has 1 saturated heterocycles. The maximum atomic E-state index is 13.3. The van der Waals surface area contributed by atoms with E-state index in [0.29, 0.717) is 24.0 Å². The minimum absolute atomic E-state index is 0.0581. The predicted molar refractivity (Wildman–Crippen MR) is 120 cm³/mol. The van der Waals surface area contributed by atoms with E-state index in [-0.39, 0.29) is 17.8 Å². The lowest BCUT2D eigenvalue weighted by Gasteiger charge is -2.24. The molecule has 162 valence electrons. The number of hydrogen-bond acceptors (Lipinski definition) is 5. The minimum atomic E-state index is -0.619. The highest BCUT2D eigenvalue weighted by Gasteiger charge is 2.27. The summed E-state index contributed by atoms with van der Waals surface area (Å²) in [5.41, 5.74) is 2.51. The molecular weight excluding hydrogens is 415 g/mol. The van der Waals surface area contributed by atoms with E-state index >= 15 is 0 Å². The Morgan fingerprint density at radius 1 is 1.26 bits per heavy atom. The number of nitrogens with zero attached hydrogens (tertiary/aromatic N) is 2. The summed E-state index contributed by atoms with van der Waals surface area (Å²) >= 11 is 1.39. The van der Waals surface area contributed by atoms with Crippen molar-refractivity contribution in [3.8, 4) is 11.3 Å². The first kappa shape index (κ1) is 21.6. The summed E-state index contributed by atoms with van der Waals surface area (Å²) in [4.78, 5) is 19.6. The van der Waals surface area contributed by atoms with E-state index < -0.39 is 6.10 Å². The Bertz CT molecular complexity index is 988. The van der Waals surface area contributed by atoms with Gasteiger partial charge in [-0.15, -0.1) is 11.3 Å². The lowest BCUT2D eigenvalue weighted by atomic mass is 10.2. The van der Waals surface area contributed by atoms with Gasteiger partial charge < -0.3 is 9.47 Å². The van der Waals surface area contributed by atoms with E-state index in [1.807, 2.05) is 35.7 Å². The van der Waals surface area contributed by atoms with Gasteiger partial charge in [-0.2, -0.15) is 0 Å². The van der Waals surface area contributed by atoms with Crippen molar-refractivity contribution >= 4 is 22.4 Å². The summed E-state index contributed by atoms with van der Waals surface area (Å²) in [6.07, 6.45) is 1.43. The molecule has 0 aliphatic carbocycles. The molecule has 1 amide bonds. The molecular formula is C24H25FN2O3S. The predicted octanol–water partition coefficient (Wildman–Crippen LogP) is 5.07. The highest BCUT2D eigenvalue weighted by atomic mass is 32.1. The van der Waals surface area contributed by atoms with Crippen LogP contribution in [-0.2, 0) is 20.8 Å². The number of benzene rings is 2. The lowest BCUT2D eigenvalue weighted by Crippen LogP contribution is -2.39. The van der Waals surface area contributed by atoms with Crippen LogP contribution < -0.4 is 4.90 Å². The van der Waals surface area contributed by atoms with Crippen molar-refractivity contribution in [3.05, 3.63) is 71.4 Å². The molecule has 0 saturated carbocycles. The third-order valence-corrected chi connectivity index (χ3v) is 6.08. The van der Waals surface area contributed by atoms with Gasteiger partial charge in [-0.05, 0) is 49.6 Å². The maximum absolute atomic E-state index is 13.3. The van der Waals surface area contributed by atoms with E-state index in [2.05, 4.69) is 4.98 Å². The number of carbonyl (C=O) groups excluding carboxylic acids is 1. The zero-order valence-electron chi connectivity index (χ0n) is 17.4. The van der Waals surface area contributed by atoms with E-state index in [1.165, 1.54) is 23.5 Å². The average molecular weight is 441 g/mol. The SMILES string of the molecule is CC(OCC1CCCO1)C(=O)N(Cc1ccccc1)c1nc(-c2ccc(F)cc2)cs1. The molecule has 1 fully saturated rings. The van der Waals surface area contributed by atoms with Gasteiger partial charge in [-0.3, -0.25) is 9.69 Å². The summed E-state index contributed by atoms with van der Waals surface area (Å²) < 4.78 is 24.7. The molecule has 7 heteroatoms. The molecule has 0 bridgehead atoms. The Hall–Kier alpha value is -2.61. The topological polar surface area (TPSA) is 51.7 Å². The van der Waals surface area contributed by atoms with Crippen LogP contribution in [0.3, 0.4) is 0 Å². The highest BCUT2D eigenvalue weighted by Crippen LogP contribution is 2.29. The van der Waals surface area contributed by atoms with Crippen molar-refractivity contribution in [2.45, 2.75) is 38.5 Å².